The van der Waals surface area contributed by atoms with E-state index in [-0.39, 0.29) is 36.2 Å². The van der Waals surface area contributed by atoms with Crippen LogP contribution < -0.4 is 4.74 Å². The van der Waals surface area contributed by atoms with Crippen molar-refractivity contribution in [2.24, 2.45) is 0 Å². The second kappa shape index (κ2) is 6.58. The lowest BCUT2D eigenvalue weighted by Gasteiger charge is -2.40. The average Bonchev–Trinajstić information content (AvgIpc) is 3.10. The Bertz CT molecular complexity index is 940. The van der Waals surface area contributed by atoms with Crippen molar-refractivity contribution in [2.75, 3.05) is 13.2 Å². The van der Waals surface area contributed by atoms with Gasteiger partial charge in [0.25, 0.3) is 11.8 Å². The molecule has 0 aliphatic carbocycles. The van der Waals surface area contributed by atoms with Crippen LogP contribution >= 0.6 is 0 Å². The van der Waals surface area contributed by atoms with E-state index in [0.717, 1.165) is 12.1 Å². The Labute approximate surface area is 149 Å². The maximum Gasteiger partial charge on any atom is 0.317 e. The molecule has 1 aliphatic rings. The molecule has 2 aromatic heterocycles. The highest BCUT2D eigenvalue weighted by molar-refractivity contribution is 5.49. The minimum absolute atomic E-state index is 0.0859. The molecule has 0 bridgehead atoms. The molecule has 7 nitrogen and oxygen atoms in total. The Kier molecular flexibility index (Phi) is 4.22. The minimum atomic E-state index is -2.90. The molecule has 0 N–H and O–H groups in total. The van der Waals surface area contributed by atoms with Crippen molar-refractivity contribution < 1.29 is 31.5 Å². The summed E-state index contributed by atoms with van der Waals surface area (Å²) < 4.78 is 68.7. The summed E-state index contributed by atoms with van der Waals surface area (Å²) in [7, 11) is 0. The first-order chi connectivity index (χ1) is 13.0. The van der Waals surface area contributed by atoms with Crippen molar-refractivity contribution in [1.29, 1.82) is 0 Å². The topological polar surface area (TPSA) is 83.2 Å². The van der Waals surface area contributed by atoms with E-state index in [9.17, 15) is 17.6 Å². The SMILES string of the molecule is Fc1cccc(F)c1C1(Oc2ncc(-c3nnc(C(F)F)o3)cn2)COC1. The van der Waals surface area contributed by atoms with Crippen LogP contribution in [0.15, 0.2) is 35.0 Å². The number of ether oxygens (including phenoxy) is 2. The van der Waals surface area contributed by atoms with Crippen LogP contribution in [0.5, 0.6) is 6.01 Å². The molecule has 3 aromatic rings. The van der Waals surface area contributed by atoms with Crippen LogP contribution in [0.25, 0.3) is 11.5 Å². The fourth-order valence-electron chi connectivity index (χ4n) is 2.57. The van der Waals surface area contributed by atoms with Gasteiger partial charge in [-0.25, -0.2) is 18.7 Å². The molecule has 1 saturated heterocycles. The predicted octanol–water partition coefficient (Wildman–Crippen LogP) is 3.05. The number of hydrogen-bond donors (Lipinski definition) is 0. The normalized spacial score (nSPS) is 15.6. The predicted molar refractivity (Wildman–Crippen MR) is 79.8 cm³/mol. The number of benzene rings is 1. The van der Waals surface area contributed by atoms with Crippen LogP contribution in [0, 0.1) is 11.6 Å². The lowest BCUT2D eigenvalue weighted by atomic mass is 9.90. The number of nitrogens with zero attached hydrogens (tertiary/aromatic N) is 4. The summed E-state index contributed by atoms with van der Waals surface area (Å²) in [6, 6.07) is 3.28. The molecule has 0 unspecified atom stereocenters. The van der Waals surface area contributed by atoms with Gasteiger partial charge in [-0.05, 0) is 12.1 Å². The van der Waals surface area contributed by atoms with Gasteiger partial charge in [-0.15, -0.1) is 10.2 Å². The molecule has 0 atom stereocenters. The van der Waals surface area contributed by atoms with E-state index in [4.69, 9.17) is 13.9 Å². The molecule has 0 saturated carbocycles. The zero-order valence-electron chi connectivity index (χ0n) is 13.4. The number of aromatic nitrogens is 4. The lowest BCUT2D eigenvalue weighted by Crippen LogP contribution is -2.53. The van der Waals surface area contributed by atoms with Gasteiger partial charge >= 0.3 is 12.4 Å². The largest absolute Gasteiger partial charge is 0.447 e. The quantitative estimate of drug-likeness (QED) is 0.627. The Balaban J connectivity index is 1.59. The molecule has 27 heavy (non-hydrogen) atoms. The first-order valence-electron chi connectivity index (χ1n) is 7.64. The molecule has 4 rings (SSSR count). The number of alkyl halides is 2. The lowest BCUT2D eigenvalue weighted by molar-refractivity contribution is -0.174. The monoisotopic (exact) mass is 382 g/mol. The van der Waals surface area contributed by atoms with Gasteiger partial charge in [-0.1, -0.05) is 6.07 Å². The summed E-state index contributed by atoms with van der Waals surface area (Å²) in [6.45, 7) is -0.172. The first kappa shape index (κ1) is 17.3. The van der Waals surface area contributed by atoms with Gasteiger partial charge in [-0.3, -0.25) is 0 Å². The van der Waals surface area contributed by atoms with Gasteiger partial charge in [0.05, 0.1) is 24.3 Å². The second-order valence-corrected chi connectivity index (χ2v) is 5.69. The Morgan fingerprint density at radius 1 is 1.04 bits per heavy atom. The van der Waals surface area contributed by atoms with Crippen LogP contribution in [0.4, 0.5) is 17.6 Å². The Hall–Kier alpha value is -3.08. The summed E-state index contributed by atoms with van der Waals surface area (Å²) in [6.07, 6.45) is -0.490. The number of halogens is 4. The van der Waals surface area contributed by atoms with E-state index in [2.05, 4.69) is 20.2 Å². The van der Waals surface area contributed by atoms with Gasteiger partial charge in [0.15, 0.2) is 5.60 Å². The highest BCUT2D eigenvalue weighted by atomic mass is 19.3. The molecule has 0 radical (unpaired) electrons. The van der Waals surface area contributed by atoms with Crippen molar-refractivity contribution in [1.82, 2.24) is 20.2 Å². The highest BCUT2D eigenvalue weighted by Gasteiger charge is 2.47. The molecular weight excluding hydrogens is 372 g/mol. The molecule has 3 heterocycles. The minimum Gasteiger partial charge on any atom is -0.447 e. The van der Waals surface area contributed by atoms with Gasteiger partial charge in [0, 0.05) is 12.4 Å². The van der Waals surface area contributed by atoms with Gasteiger partial charge < -0.3 is 13.9 Å². The third-order valence-electron chi connectivity index (χ3n) is 3.88. The average molecular weight is 382 g/mol. The second-order valence-electron chi connectivity index (χ2n) is 5.69. The summed E-state index contributed by atoms with van der Waals surface area (Å²) in [5.74, 6) is -2.58. The van der Waals surface area contributed by atoms with Gasteiger partial charge in [-0.2, -0.15) is 8.78 Å². The van der Waals surface area contributed by atoms with Crippen LogP contribution in [-0.4, -0.2) is 33.4 Å². The standard InChI is InChI=1S/C16H10F4N4O3/c17-9-2-1-3-10(18)11(9)16(6-25-7-16)27-15-21-4-8(5-22-15)13-23-24-14(26-13)12(19)20/h1-5,12H,6-7H2. The maximum absolute atomic E-state index is 14.1. The maximum atomic E-state index is 14.1. The van der Waals surface area contributed by atoms with Crippen LogP contribution in [-0.2, 0) is 10.3 Å². The summed E-state index contributed by atoms with van der Waals surface area (Å²) in [4.78, 5) is 7.82. The van der Waals surface area contributed by atoms with Crippen LogP contribution in [0.3, 0.4) is 0 Å². The molecule has 1 aromatic carbocycles. The summed E-state index contributed by atoms with van der Waals surface area (Å²) in [5.41, 5.74) is -1.50. The van der Waals surface area contributed by atoms with Gasteiger partial charge in [0.2, 0.25) is 0 Å². The van der Waals surface area contributed by atoms with E-state index < -0.39 is 29.6 Å². The Morgan fingerprint density at radius 2 is 1.70 bits per heavy atom. The fourth-order valence-corrected chi connectivity index (χ4v) is 2.57. The molecule has 140 valence electrons. The van der Waals surface area contributed by atoms with E-state index in [1.54, 1.807) is 0 Å². The Morgan fingerprint density at radius 3 is 2.22 bits per heavy atom. The third kappa shape index (κ3) is 3.10. The highest BCUT2D eigenvalue weighted by Crippen LogP contribution is 2.37. The fraction of sp³-hybridized carbons (Fsp3) is 0.250. The zero-order valence-corrected chi connectivity index (χ0v) is 13.4. The van der Waals surface area contributed by atoms with Crippen molar-refractivity contribution >= 4 is 0 Å². The zero-order chi connectivity index (χ0) is 19.0. The van der Waals surface area contributed by atoms with E-state index in [0.29, 0.717) is 0 Å². The number of hydrogen-bond acceptors (Lipinski definition) is 7. The third-order valence-corrected chi connectivity index (χ3v) is 3.88. The van der Waals surface area contributed by atoms with Crippen molar-refractivity contribution in [2.45, 2.75) is 12.0 Å². The van der Waals surface area contributed by atoms with E-state index in [1.165, 1.54) is 18.5 Å². The van der Waals surface area contributed by atoms with Gasteiger partial charge in [0.1, 0.15) is 11.6 Å². The van der Waals surface area contributed by atoms with Crippen LogP contribution in [0.1, 0.15) is 17.9 Å². The van der Waals surface area contributed by atoms with Crippen LogP contribution in [0.2, 0.25) is 0 Å². The van der Waals surface area contributed by atoms with E-state index in [1.807, 2.05) is 0 Å². The van der Waals surface area contributed by atoms with Crippen molar-refractivity contribution in [3.8, 4) is 17.5 Å². The van der Waals surface area contributed by atoms with Crippen molar-refractivity contribution in [3.05, 3.63) is 53.7 Å². The molecule has 11 heteroatoms. The molecule has 0 spiro atoms. The molecular formula is C16H10F4N4O3. The number of rotatable bonds is 5. The summed E-state index contributed by atoms with van der Waals surface area (Å²) in [5, 5.41) is 6.68. The molecule has 1 fully saturated rings. The smallest absolute Gasteiger partial charge is 0.317 e. The molecule has 1 aliphatic heterocycles. The van der Waals surface area contributed by atoms with E-state index >= 15 is 0 Å². The first-order valence-corrected chi connectivity index (χ1v) is 7.64. The molecule has 0 amide bonds. The van der Waals surface area contributed by atoms with Crippen molar-refractivity contribution in [3.63, 3.8) is 0 Å². The summed E-state index contributed by atoms with van der Waals surface area (Å²) >= 11 is 0.